The van der Waals surface area contributed by atoms with E-state index in [9.17, 15) is 0 Å². The molecule has 2 aromatic rings. The van der Waals surface area contributed by atoms with Gasteiger partial charge in [-0.15, -0.1) is 0 Å². The van der Waals surface area contributed by atoms with Crippen LogP contribution < -0.4 is 11.1 Å². The van der Waals surface area contributed by atoms with Crippen LogP contribution in [0.2, 0.25) is 5.02 Å². The van der Waals surface area contributed by atoms with E-state index in [1.807, 2.05) is 37.3 Å². The SMILES string of the molecule is Cc1ccc(Nc2cccc(C(N)=S)n2)cc1Cl. The van der Waals surface area contributed by atoms with Crippen molar-refractivity contribution in [2.45, 2.75) is 6.92 Å². The third kappa shape index (κ3) is 2.97. The van der Waals surface area contributed by atoms with Crippen molar-refractivity contribution < 1.29 is 0 Å². The lowest BCUT2D eigenvalue weighted by molar-refractivity contribution is 1.28. The Labute approximate surface area is 116 Å². The molecule has 18 heavy (non-hydrogen) atoms. The van der Waals surface area contributed by atoms with Crippen molar-refractivity contribution in [1.29, 1.82) is 0 Å². The zero-order chi connectivity index (χ0) is 13.1. The first-order chi connectivity index (χ1) is 8.56. The molecular formula is C13H12ClN3S. The summed E-state index contributed by atoms with van der Waals surface area (Å²) in [5.41, 5.74) is 8.04. The maximum atomic E-state index is 6.06. The second kappa shape index (κ2) is 5.33. The van der Waals surface area contributed by atoms with Gasteiger partial charge in [-0.25, -0.2) is 4.98 Å². The molecule has 0 aliphatic rings. The number of hydrogen-bond donors (Lipinski definition) is 2. The lowest BCUT2D eigenvalue weighted by atomic mass is 10.2. The Morgan fingerprint density at radius 3 is 2.78 bits per heavy atom. The monoisotopic (exact) mass is 277 g/mol. The number of hydrogen-bond acceptors (Lipinski definition) is 3. The van der Waals surface area contributed by atoms with Gasteiger partial charge in [0.1, 0.15) is 10.8 Å². The van der Waals surface area contributed by atoms with Gasteiger partial charge in [0.05, 0.1) is 5.69 Å². The maximum absolute atomic E-state index is 6.06. The predicted octanol–water partition coefficient (Wildman–Crippen LogP) is 3.42. The Bertz CT molecular complexity index is 599. The van der Waals surface area contributed by atoms with Gasteiger partial charge in [-0.2, -0.15) is 0 Å². The molecule has 2 rings (SSSR count). The summed E-state index contributed by atoms with van der Waals surface area (Å²) < 4.78 is 0. The minimum Gasteiger partial charge on any atom is -0.388 e. The van der Waals surface area contributed by atoms with E-state index in [4.69, 9.17) is 29.6 Å². The van der Waals surface area contributed by atoms with Gasteiger partial charge in [-0.3, -0.25) is 0 Å². The van der Waals surface area contributed by atoms with Crippen molar-refractivity contribution in [3.63, 3.8) is 0 Å². The Kier molecular flexibility index (Phi) is 3.79. The van der Waals surface area contributed by atoms with E-state index < -0.39 is 0 Å². The molecule has 0 atom stereocenters. The minimum atomic E-state index is 0.278. The molecular weight excluding hydrogens is 266 g/mol. The summed E-state index contributed by atoms with van der Waals surface area (Å²) in [7, 11) is 0. The van der Waals surface area contributed by atoms with Crippen LogP contribution in [0.5, 0.6) is 0 Å². The number of benzene rings is 1. The van der Waals surface area contributed by atoms with Crippen molar-refractivity contribution >= 4 is 40.3 Å². The summed E-state index contributed by atoms with van der Waals surface area (Å²) in [5, 5.41) is 3.87. The van der Waals surface area contributed by atoms with Crippen molar-refractivity contribution in [3.05, 3.63) is 52.7 Å². The Hall–Kier alpha value is -1.65. The average Bonchev–Trinajstić information content (AvgIpc) is 2.34. The first-order valence-electron chi connectivity index (χ1n) is 5.36. The zero-order valence-electron chi connectivity index (χ0n) is 9.77. The number of anilines is 2. The Morgan fingerprint density at radius 1 is 1.33 bits per heavy atom. The van der Waals surface area contributed by atoms with Gasteiger partial charge in [0.25, 0.3) is 0 Å². The molecule has 0 unspecified atom stereocenters. The molecule has 0 bridgehead atoms. The molecule has 0 fully saturated rings. The van der Waals surface area contributed by atoms with Gasteiger partial charge in [0.2, 0.25) is 0 Å². The molecule has 0 aliphatic carbocycles. The van der Waals surface area contributed by atoms with Crippen molar-refractivity contribution in [3.8, 4) is 0 Å². The second-order valence-electron chi connectivity index (χ2n) is 3.86. The summed E-state index contributed by atoms with van der Waals surface area (Å²) >= 11 is 11.0. The van der Waals surface area contributed by atoms with Crippen molar-refractivity contribution in [2.24, 2.45) is 5.73 Å². The van der Waals surface area contributed by atoms with Gasteiger partial charge < -0.3 is 11.1 Å². The number of nitrogens with two attached hydrogens (primary N) is 1. The van der Waals surface area contributed by atoms with Crippen LogP contribution in [0.25, 0.3) is 0 Å². The van der Waals surface area contributed by atoms with Crippen molar-refractivity contribution in [2.75, 3.05) is 5.32 Å². The largest absolute Gasteiger partial charge is 0.388 e. The molecule has 0 aliphatic heterocycles. The fraction of sp³-hybridized carbons (Fsp3) is 0.0769. The van der Waals surface area contributed by atoms with Crippen LogP contribution in [0.4, 0.5) is 11.5 Å². The summed E-state index contributed by atoms with van der Waals surface area (Å²) in [5.74, 6) is 0.681. The van der Waals surface area contributed by atoms with E-state index in [0.717, 1.165) is 11.3 Å². The molecule has 0 radical (unpaired) electrons. The number of halogens is 1. The molecule has 92 valence electrons. The van der Waals surface area contributed by atoms with Gasteiger partial charge in [0, 0.05) is 10.7 Å². The number of pyridine rings is 1. The molecule has 0 amide bonds. The smallest absolute Gasteiger partial charge is 0.131 e. The van der Waals surface area contributed by atoms with Crippen LogP contribution in [0.15, 0.2) is 36.4 Å². The summed E-state index contributed by atoms with van der Waals surface area (Å²) in [4.78, 5) is 4.58. The summed E-state index contributed by atoms with van der Waals surface area (Å²) in [6.45, 7) is 1.96. The van der Waals surface area contributed by atoms with E-state index >= 15 is 0 Å². The quantitative estimate of drug-likeness (QED) is 0.844. The standard InChI is InChI=1S/C13H12ClN3S/c1-8-5-6-9(7-10(8)14)16-12-4-2-3-11(17-12)13(15)18/h2-7H,1H3,(H2,15,18)(H,16,17). The second-order valence-corrected chi connectivity index (χ2v) is 4.71. The van der Waals surface area contributed by atoms with Gasteiger partial charge in [-0.1, -0.05) is 36.0 Å². The maximum Gasteiger partial charge on any atom is 0.131 e. The van der Waals surface area contributed by atoms with E-state index in [2.05, 4.69) is 10.3 Å². The highest BCUT2D eigenvalue weighted by Crippen LogP contribution is 2.22. The van der Waals surface area contributed by atoms with E-state index in [1.54, 1.807) is 6.07 Å². The van der Waals surface area contributed by atoms with Gasteiger partial charge in [0.15, 0.2) is 0 Å². The number of rotatable bonds is 3. The number of aryl methyl sites for hydroxylation is 1. The first-order valence-corrected chi connectivity index (χ1v) is 6.15. The Balaban J connectivity index is 2.25. The minimum absolute atomic E-state index is 0.278. The van der Waals surface area contributed by atoms with Crippen LogP contribution in [0, 0.1) is 6.92 Å². The third-order valence-electron chi connectivity index (χ3n) is 2.45. The van der Waals surface area contributed by atoms with Crippen LogP contribution in [0.3, 0.4) is 0 Å². The molecule has 1 aromatic carbocycles. The normalized spacial score (nSPS) is 10.1. The highest BCUT2D eigenvalue weighted by Gasteiger charge is 2.02. The lowest BCUT2D eigenvalue weighted by Gasteiger charge is -2.08. The van der Waals surface area contributed by atoms with Crippen molar-refractivity contribution in [1.82, 2.24) is 4.98 Å². The average molecular weight is 278 g/mol. The van der Waals surface area contributed by atoms with E-state index in [1.165, 1.54) is 0 Å². The van der Waals surface area contributed by atoms with Crippen LogP contribution in [-0.4, -0.2) is 9.97 Å². The van der Waals surface area contributed by atoms with Crippen LogP contribution in [-0.2, 0) is 0 Å². The number of thiocarbonyl (C=S) groups is 1. The van der Waals surface area contributed by atoms with Gasteiger partial charge >= 0.3 is 0 Å². The summed E-state index contributed by atoms with van der Waals surface area (Å²) in [6.07, 6.45) is 0. The molecule has 1 heterocycles. The number of aromatic nitrogens is 1. The molecule has 5 heteroatoms. The molecule has 0 saturated carbocycles. The molecule has 3 nitrogen and oxygen atoms in total. The number of nitrogens with zero attached hydrogens (tertiary/aromatic N) is 1. The molecule has 0 saturated heterocycles. The number of nitrogens with one attached hydrogen (secondary N) is 1. The van der Waals surface area contributed by atoms with Crippen LogP contribution >= 0.6 is 23.8 Å². The van der Waals surface area contributed by atoms with E-state index in [0.29, 0.717) is 16.5 Å². The fourth-order valence-corrected chi connectivity index (χ4v) is 1.75. The Morgan fingerprint density at radius 2 is 2.11 bits per heavy atom. The zero-order valence-corrected chi connectivity index (χ0v) is 11.3. The summed E-state index contributed by atoms with van der Waals surface area (Å²) in [6, 6.07) is 11.2. The van der Waals surface area contributed by atoms with Gasteiger partial charge in [-0.05, 0) is 36.8 Å². The highest BCUT2D eigenvalue weighted by atomic mass is 35.5. The van der Waals surface area contributed by atoms with E-state index in [-0.39, 0.29) is 4.99 Å². The molecule has 0 spiro atoms. The first kappa shape index (κ1) is 12.8. The topological polar surface area (TPSA) is 50.9 Å². The third-order valence-corrected chi connectivity index (χ3v) is 3.06. The van der Waals surface area contributed by atoms with Crippen LogP contribution in [0.1, 0.15) is 11.3 Å². The molecule has 3 N–H and O–H groups in total. The highest BCUT2D eigenvalue weighted by molar-refractivity contribution is 7.80. The molecule has 1 aromatic heterocycles. The fourth-order valence-electron chi connectivity index (χ4n) is 1.46. The lowest BCUT2D eigenvalue weighted by Crippen LogP contribution is -2.12. The predicted molar refractivity (Wildman–Crippen MR) is 79.6 cm³/mol.